The summed E-state index contributed by atoms with van der Waals surface area (Å²) in [6.07, 6.45) is 0. The number of hydrogen-bond acceptors (Lipinski definition) is 3. The molecule has 0 heterocycles. The first kappa shape index (κ1) is 11.4. The number of esters is 2. The van der Waals surface area contributed by atoms with Gasteiger partial charge in [-0.1, -0.05) is 17.7 Å². The summed E-state index contributed by atoms with van der Waals surface area (Å²) in [5.74, 6) is -1.16. The lowest BCUT2D eigenvalue weighted by Gasteiger charge is -2.08. The standard InChI is InChI=1S/C12H14O3/c1-7-5-8(2)11(9(3)6-7)12(14)15-10(4)13/h5-6H,1-4H3. The highest BCUT2D eigenvalue weighted by molar-refractivity contribution is 5.98. The molecule has 0 aliphatic rings. The van der Waals surface area contributed by atoms with Crippen molar-refractivity contribution in [3.63, 3.8) is 0 Å². The Balaban J connectivity index is 3.14. The first-order chi connectivity index (χ1) is 6.91. The molecular formula is C12H14O3. The molecule has 0 aromatic heterocycles. The van der Waals surface area contributed by atoms with Gasteiger partial charge in [-0.15, -0.1) is 0 Å². The van der Waals surface area contributed by atoms with E-state index in [9.17, 15) is 9.59 Å². The Labute approximate surface area is 89.1 Å². The fourth-order valence-corrected chi connectivity index (χ4v) is 1.68. The van der Waals surface area contributed by atoms with Crippen LogP contribution in [0.15, 0.2) is 12.1 Å². The van der Waals surface area contributed by atoms with Crippen LogP contribution in [0.5, 0.6) is 0 Å². The van der Waals surface area contributed by atoms with Gasteiger partial charge in [-0.3, -0.25) is 4.79 Å². The average Bonchev–Trinajstić information content (AvgIpc) is 1.99. The third kappa shape index (κ3) is 2.65. The van der Waals surface area contributed by atoms with E-state index in [0.29, 0.717) is 5.56 Å². The van der Waals surface area contributed by atoms with Crippen LogP contribution >= 0.6 is 0 Å². The summed E-state index contributed by atoms with van der Waals surface area (Å²) in [6.45, 7) is 6.84. The molecule has 0 aliphatic heterocycles. The van der Waals surface area contributed by atoms with Crippen molar-refractivity contribution in [1.82, 2.24) is 0 Å². The predicted octanol–water partition coefficient (Wildman–Crippen LogP) is 2.32. The maximum absolute atomic E-state index is 11.6. The Bertz CT molecular complexity index is 396. The number of rotatable bonds is 1. The zero-order chi connectivity index (χ0) is 11.6. The Morgan fingerprint density at radius 1 is 1.07 bits per heavy atom. The van der Waals surface area contributed by atoms with Crippen molar-refractivity contribution in [2.24, 2.45) is 0 Å². The molecule has 0 aliphatic carbocycles. The van der Waals surface area contributed by atoms with Crippen molar-refractivity contribution in [1.29, 1.82) is 0 Å². The molecule has 1 aromatic rings. The Kier molecular flexibility index (Phi) is 3.24. The molecule has 0 N–H and O–H groups in total. The summed E-state index contributed by atoms with van der Waals surface area (Å²) in [6, 6.07) is 3.79. The minimum absolute atomic E-state index is 0.482. The van der Waals surface area contributed by atoms with Gasteiger partial charge in [0, 0.05) is 6.92 Å². The average molecular weight is 206 g/mol. The van der Waals surface area contributed by atoms with E-state index in [-0.39, 0.29) is 0 Å². The molecule has 0 saturated heterocycles. The van der Waals surface area contributed by atoms with Gasteiger partial charge in [0.25, 0.3) is 0 Å². The normalized spacial score (nSPS) is 9.87. The zero-order valence-electron chi connectivity index (χ0n) is 9.38. The highest BCUT2D eigenvalue weighted by atomic mass is 16.6. The minimum atomic E-state index is -0.584. The second-order valence-electron chi connectivity index (χ2n) is 3.65. The number of carbonyl (C=O) groups is 2. The SMILES string of the molecule is CC(=O)OC(=O)c1c(C)cc(C)cc1C. The maximum atomic E-state index is 11.6. The lowest BCUT2D eigenvalue weighted by Crippen LogP contribution is -2.12. The first-order valence-corrected chi connectivity index (χ1v) is 4.72. The van der Waals surface area contributed by atoms with Crippen molar-refractivity contribution >= 4 is 11.9 Å². The minimum Gasteiger partial charge on any atom is -0.390 e. The van der Waals surface area contributed by atoms with Gasteiger partial charge in [0.05, 0.1) is 5.56 Å². The number of carbonyl (C=O) groups excluding carboxylic acids is 2. The summed E-state index contributed by atoms with van der Waals surface area (Å²) < 4.78 is 4.56. The second kappa shape index (κ2) is 4.26. The molecule has 0 saturated carbocycles. The van der Waals surface area contributed by atoms with E-state index in [4.69, 9.17) is 0 Å². The van der Waals surface area contributed by atoms with Crippen LogP contribution in [0.1, 0.15) is 34.0 Å². The van der Waals surface area contributed by atoms with E-state index in [1.54, 1.807) is 0 Å². The van der Waals surface area contributed by atoms with Gasteiger partial charge in [-0.05, 0) is 31.9 Å². The highest BCUT2D eigenvalue weighted by Gasteiger charge is 2.15. The molecule has 3 nitrogen and oxygen atoms in total. The first-order valence-electron chi connectivity index (χ1n) is 4.72. The van der Waals surface area contributed by atoms with Crippen LogP contribution in [-0.4, -0.2) is 11.9 Å². The number of benzene rings is 1. The predicted molar refractivity (Wildman–Crippen MR) is 56.7 cm³/mol. The molecule has 0 unspecified atom stereocenters. The summed E-state index contributed by atoms with van der Waals surface area (Å²) in [7, 11) is 0. The van der Waals surface area contributed by atoms with E-state index in [2.05, 4.69) is 4.74 Å². The number of ether oxygens (including phenoxy) is 1. The summed E-state index contributed by atoms with van der Waals surface area (Å²) >= 11 is 0. The summed E-state index contributed by atoms with van der Waals surface area (Å²) in [5, 5.41) is 0. The summed E-state index contributed by atoms with van der Waals surface area (Å²) in [5.41, 5.74) is 3.23. The molecule has 0 amide bonds. The fourth-order valence-electron chi connectivity index (χ4n) is 1.68. The quantitative estimate of drug-likeness (QED) is 0.523. The van der Waals surface area contributed by atoms with Gasteiger partial charge in [0.15, 0.2) is 0 Å². The smallest absolute Gasteiger partial charge is 0.346 e. The van der Waals surface area contributed by atoms with Crippen molar-refractivity contribution < 1.29 is 14.3 Å². The molecule has 80 valence electrons. The maximum Gasteiger partial charge on any atom is 0.346 e. The lowest BCUT2D eigenvalue weighted by molar-refractivity contribution is -0.135. The molecular weight excluding hydrogens is 192 g/mol. The third-order valence-corrected chi connectivity index (χ3v) is 2.12. The van der Waals surface area contributed by atoms with Crippen LogP contribution in [0.25, 0.3) is 0 Å². The summed E-state index contributed by atoms with van der Waals surface area (Å²) in [4.78, 5) is 22.2. The Morgan fingerprint density at radius 2 is 1.53 bits per heavy atom. The van der Waals surface area contributed by atoms with Crippen molar-refractivity contribution in [3.8, 4) is 0 Å². The van der Waals surface area contributed by atoms with Crippen LogP contribution in [-0.2, 0) is 9.53 Å². The molecule has 15 heavy (non-hydrogen) atoms. The van der Waals surface area contributed by atoms with E-state index >= 15 is 0 Å². The molecule has 0 bridgehead atoms. The van der Waals surface area contributed by atoms with E-state index in [0.717, 1.165) is 16.7 Å². The van der Waals surface area contributed by atoms with Gasteiger partial charge in [0.1, 0.15) is 0 Å². The third-order valence-electron chi connectivity index (χ3n) is 2.12. The van der Waals surface area contributed by atoms with Gasteiger partial charge in [-0.2, -0.15) is 0 Å². The Hall–Kier alpha value is -1.64. The molecule has 1 rings (SSSR count). The van der Waals surface area contributed by atoms with Gasteiger partial charge in [0.2, 0.25) is 0 Å². The molecule has 1 aromatic carbocycles. The largest absolute Gasteiger partial charge is 0.390 e. The number of aryl methyl sites for hydroxylation is 3. The zero-order valence-corrected chi connectivity index (χ0v) is 9.38. The molecule has 0 atom stereocenters. The van der Waals surface area contributed by atoms with Crippen LogP contribution in [0.3, 0.4) is 0 Å². The molecule has 3 heteroatoms. The van der Waals surface area contributed by atoms with Crippen LogP contribution in [0, 0.1) is 20.8 Å². The molecule has 0 fully saturated rings. The molecule has 0 spiro atoms. The van der Waals surface area contributed by atoms with Gasteiger partial charge >= 0.3 is 11.9 Å². The van der Waals surface area contributed by atoms with Crippen LogP contribution in [0.4, 0.5) is 0 Å². The van der Waals surface area contributed by atoms with Crippen LogP contribution < -0.4 is 0 Å². The van der Waals surface area contributed by atoms with Crippen molar-refractivity contribution in [2.75, 3.05) is 0 Å². The van der Waals surface area contributed by atoms with E-state index in [1.807, 2.05) is 32.9 Å². The van der Waals surface area contributed by atoms with E-state index in [1.165, 1.54) is 6.92 Å². The molecule has 0 radical (unpaired) electrons. The lowest BCUT2D eigenvalue weighted by atomic mass is 10.00. The topological polar surface area (TPSA) is 43.4 Å². The van der Waals surface area contributed by atoms with Gasteiger partial charge in [-0.25, -0.2) is 4.79 Å². The van der Waals surface area contributed by atoms with E-state index < -0.39 is 11.9 Å². The van der Waals surface area contributed by atoms with Crippen LogP contribution in [0.2, 0.25) is 0 Å². The number of hydrogen-bond donors (Lipinski definition) is 0. The fraction of sp³-hybridized carbons (Fsp3) is 0.333. The Morgan fingerprint density at radius 3 is 1.93 bits per heavy atom. The monoisotopic (exact) mass is 206 g/mol. The highest BCUT2D eigenvalue weighted by Crippen LogP contribution is 2.17. The second-order valence-corrected chi connectivity index (χ2v) is 3.65. The van der Waals surface area contributed by atoms with Crippen molar-refractivity contribution in [2.45, 2.75) is 27.7 Å². The van der Waals surface area contributed by atoms with Crippen molar-refractivity contribution in [3.05, 3.63) is 34.4 Å². The van der Waals surface area contributed by atoms with Gasteiger partial charge < -0.3 is 4.74 Å².